The van der Waals surface area contributed by atoms with Crippen molar-refractivity contribution in [3.63, 3.8) is 0 Å². The topological polar surface area (TPSA) is 97.6 Å². The Balaban J connectivity index is 1.95. The average molecular weight is 322 g/mol. The van der Waals surface area contributed by atoms with E-state index >= 15 is 0 Å². The van der Waals surface area contributed by atoms with E-state index in [1.165, 1.54) is 12.3 Å². The van der Waals surface area contributed by atoms with Gasteiger partial charge in [0.05, 0.1) is 4.92 Å². The van der Waals surface area contributed by atoms with E-state index in [1.807, 2.05) is 20.8 Å². The SMILES string of the molecule is CC(C)(C)OC(=O)NC[C@@H]1CCCN1c1ccc([N+](=O)[O-])cn1. The van der Waals surface area contributed by atoms with E-state index < -0.39 is 16.6 Å². The van der Waals surface area contributed by atoms with E-state index in [1.54, 1.807) is 6.07 Å². The van der Waals surface area contributed by atoms with Crippen LogP contribution >= 0.6 is 0 Å². The predicted octanol–water partition coefficient (Wildman–Crippen LogP) is 2.48. The van der Waals surface area contributed by atoms with Gasteiger partial charge in [0.15, 0.2) is 0 Å². The Morgan fingerprint density at radius 2 is 2.26 bits per heavy atom. The number of alkyl carbamates (subject to hydrolysis) is 1. The number of anilines is 1. The zero-order chi connectivity index (χ0) is 17.0. The summed E-state index contributed by atoms with van der Waals surface area (Å²) in [6, 6.07) is 3.19. The standard InChI is InChI=1S/C15H22N4O4/c1-15(2,3)23-14(20)17-9-11-5-4-8-18(11)13-7-6-12(10-16-13)19(21)22/h6-7,10-11H,4-5,8-9H2,1-3H3,(H,17,20)/t11-/m0/s1. The van der Waals surface area contributed by atoms with Gasteiger partial charge in [0.2, 0.25) is 0 Å². The van der Waals surface area contributed by atoms with Gasteiger partial charge in [0.1, 0.15) is 17.6 Å². The van der Waals surface area contributed by atoms with Gasteiger partial charge in [0, 0.05) is 25.2 Å². The van der Waals surface area contributed by atoms with E-state index in [9.17, 15) is 14.9 Å². The molecule has 1 amide bonds. The number of pyridine rings is 1. The summed E-state index contributed by atoms with van der Waals surface area (Å²) in [6.07, 6.45) is 2.72. The van der Waals surface area contributed by atoms with Gasteiger partial charge in [0.25, 0.3) is 5.69 Å². The minimum Gasteiger partial charge on any atom is -0.444 e. The van der Waals surface area contributed by atoms with Crippen LogP contribution in [0.1, 0.15) is 33.6 Å². The van der Waals surface area contributed by atoms with Crippen molar-refractivity contribution >= 4 is 17.6 Å². The molecule has 1 saturated heterocycles. The smallest absolute Gasteiger partial charge is 0.407 e. The van der Waals surface area contributed by atoms with Gasteiger partial charge >= 0.3 is 6.09 Å². The Labute approximate surface area is 135 Å². The average Bonchev–Trinajstić information content (AvgIpc) is 2.92. The van der Waals surface area contributed by atoms with Gasteiger partial charge in [-0.3, -0.25) is 10.1 Å². The van der Waals surface area contributed by atoms with Crippen molar-refractivity contribution in [2.75, 3.05) is 18.0 Å². The van der Waals surface area contributed by atoms with Crippen LogP contribution in [0.2, 0.25) is 0 Å². The van der Waals surface area contributed by atoms with Crippen molar-refractivity contribution in [3.8, 4) is 0 Å². The van der Waals surface area contributed by atoms with Crippen LogP contribution in [0.15, 0.2) is 18.3 Å². The molecule has 0 aliphatic carbocycles. The number of nitrogens with zero attached hydrogens (tertiary/aromatic N) is 3. The normalized spacial score (nSPS) is 17.9. The molecule has 1 aromatic rings. The van der Waals surface area contributed by atoms with Crippen LogP contribution in [0, 0.1) is 10.1 Å². The predicted molar refractivity (Wildman–Crippen MR) is 85.5 cm³/mol. The molecule has 8 heteroatoms. The summed E-state index contributed by atoms with van der Waals surface area (Å²) in [5.74, 6) is 0.684. The van der Waals surface area contributed by atoms with Gasteiger partial charge in [-0.2, -0.15) is 0 Å². The Bertz CT molecular complexity index is 568. The molecule has 1 aromatic heterocycles. The summed E-state index contributed by atoms with van der Waals surface area (Å²) in [5.41, 5.74) is -0.560. The van der Waals surface area contributed by atoms with E-state index in [0.717, 1.165) is 19.4 Å². The molecule has 126 valence electrons. The van der Waals surface area contributed by atoms with Gasteiger partial charge in [-0.05, 0) is 39.7 Å². The summed E-state index contributed by atoms with van der Waals surface area (Å²) < 4.78 is 5.22. The largest absolute Gasteiger partial charge is 0.444 e. The summed E-state index contributed by atoms with van der Waals surface area (Å²) in [5, 5.41) is 13.5. The van der Waals surface area contributed by atoms with Crippen molar-refractivity contribution in [1.29, 1.82) is 0 Å². The molecule has 1 N–H and O–H groups in total. The fourth-order valence-corrected chi connectivity index (χ4v) is 2.52. The molecule has 0 radical (unpaired) electrons. The van der Waals surface area contributed by atoms with E-state index in [-0.39, 0.29) is 11.7 Å². The maximum Gasteiger partial charge on any atom is 0.407 e. The first kappa shape index (κ1) is 17.0. The quantitative estimate of drug-likeness (QED) is 0.675. The molecule has 0 unspecified atom stereocenters. The molecular weight excluding hydrogens is 300 g/mol. The van der Waals surface area contributed by atoms with Crippen molar-refractivity contribution in [2.45, 2.75) is 45.3 Å². The summed E-state index contributed by atoms with van der Waals surface area (Å²) >= 11 is 0. The number of hydrogen-bond acceptors (Lipinski definition) is 6. The third-order valence-corrected chi connectivity index (χ3v) is 3.50. The lowest BCUT2D eigenvalue weighted by Gasteiger charge is -2.26. The molecule has 1 atom stereocenters. The van der Waals surface area contributed by atoms with E-state index in [2.05, 4.69) is 15.2 Å². The maximum atomic E-state index is 11.7. The third-order valence-electron chi connectivity index (χ3n) is 3.50. The summed E-state index contributed by atoms with van der Waals surface area (Å²) in [4.78, 5) is 28.2. The lowest BCUT2D eigenvalue weighted by Crippen LogP contribution is -2.42. The van der Waals surface area contributed by atoms with Crippen LogP contribution in [0.3, 0.4) is 0 Å². The lowest BCUT2D eigenvalue weighted by molar-refractivity contribution is -0.385. The van der Waals surface area contributed by atoms with Gasteiger partial charge in [-0.1, -0.05) is 0 Å². The molecule has 0 saturated carbocycles. The maximum absolute atomic E-state index is 11.7. The zero-order valence-corrected chi connectivity index (χ0v) is 13.6. The van der Waals surface area contributed by atoms with E-state index in [0.29, 0.717) is 12.4 Å². The van der Waals surface area contributed by atoms with Crippen LogP contribution in [-0.2, 0) is 4.74 Å². The molecule has 2 heterocycles. The van der Waals surface area contributed by atoms with Crippen LogP contribution in [0.25, 0.3) is 0 Å². The number of nitro groups is 1. The second kappa shape index (κ2) is 6.80. The highest BCUT2D eigenvalue weighted by Crippen LogP contribution is 2.24. The molecule has 0 bridgehead atoms. The van der Waals surface area contributed by atoms with Crippen molar-refractivity contribution in [3.05, 3.63) is 28.4 Å². The highest BCUT2D eigenvalue weighted by atomic mass is 16.6. The molecule has 1 fully saturated rings. The Morgan fingerprint density at radius 1 is 1.52 bits per heavy atom. The molecule has 1 aliphatic rings. The third kappa shape index (κ3) is 4.80. The summed E-state index contributed by atoms with van der Waals surface area (Å²) in [7, 11) is 0. The Hall–Kier alpha value is -2.38. The first-order valence-corrected chi connectivity index (χ1v) is 7.60. The number of amides is 1. The summed E-state index contributed by atoms with van der Waals surface area (Å²) in [6.45, 7) is 6.71. The van der Waals surface area contributed by atoms with Crippen molar-refractivity contribution in [2.24, 2.45) is 0 Å². The molecule has 8 nitrogen and oxygen atoms in total. The molecule has 0 aromatic carbocycles. The van der Waals surface area contributed by atoms with Crippen molar-refractivity contribution < 1.29 is 14.5 Å². The zero-order valence-electron chi connectivity index (χ0n) is 13.6. The molecule has 2 rings (SSSR count). The fraction of sp³-hybridized carbons (Fsp3) is 0.600. The first-order chi connectivity index (χ1) is 10.8. The lowest BCUT2D eigenvalue weighted by atomic mass is 10.2. The van der Waals surface area contributed by atoms with Gasteiger partial charge in [-0.15, -0.1) is 0 Å². The van der Waals surface area contributed by atoms with E-state index in [4.69, 9.17) is 4.74 Å². The molecule has 1 aliphatic heterocycles. The molecular formula is C15H22N4O4. The van der Waals surface area contributed by atoms with Crippen LogP contribution in [0.5, 0.6) is 0 Å². The number of nitrogens with one attached hydrogen (secondary N) is 1. The minimum atomic E-state index is -0.528. The monoisotopic (exact) mass is 322 g/mol. The second-order valence-corrected chi connectivity index (χ2v) is 6.50. The number of rotatable bonds is 4. The number of aromatic nitrogens is 1. The second-order valence-electron chi connectivity index (χ2n) is 6.50. The number of carbonyl (C=O) groups excluding carboxylic acids is 1. The highest BCUT2D eigenvalue weighted by Gasteiger charge is 2.27. The fourth-order valence-electron chi connectivity index (χ4n) is 2.52. The Kier molecular flexibility index (Phi) is 5.02. The number of carbonyl (C=O) groups is 1. The number of hydrogen-bond donors (Lipinski definition) is 1. The number of ether oxygens (including phenoxy) is 1. The van der Waals surface area contributed by atoms with Gasteiger partial charge < -0.3 is 15.0 Å². The first-order valence-electron chi connectivity index (χ1n) is 7.60. The van der Waals surface area contributed by atoms with Crippen LogP contribution < -0.4 is 10.2 Å². The van der Waals surface area contributed by atoms with Crippen molar-refractivity contribution in [1.82, 2.24) is 10.3 Å². The minimum absolute atomic E-state index is 0.0311. The molecule has 0 spiro atoms. The highest BCUT2D eigenvalue weighted by molar-refractivity contribution is 5.67. The Morgan fingerprint density at radius 3 is 2.83 bits per heavy atom. The van der Waals surface area contributed by atoms with Crippen LogP contribution in [-0.4, -0.2) is 40.7 Å². The molecule has 23 heavy (non-hydrogen) atoms. The van der Waals surface area contributed by atoms with Gasteiger partial charge in [-0.25, -0.2) is 9.78 Å². The van der Waals surface area contributed by atoms with Crippen LogP contribution in [0.4, 0.5) is 16.3 Å².